The molecule has 2 aromatic carbocycles. The van der Waals surface area contributed by atoms with E-state index in [1.165, 1.54) is 69.1 Å². The minimum atomic E-state index is -0.292. The average molecular weight is 409 g/mol. The summed E-state index contributed by atoms with van der Waals surface area (Å²) < 4.78 is 28.3. The maximum absolute atomic E-state index is 15.1. The van der Waals surface area contributed by atoms with E-state index in [9.17, 15) is 4.39 Å². The lowest BCUT2D eigenvalue weighted by Gasteiger charge is -2.29. The molecule has 0 N–H and O–H groups in total. The lowest BCUT2D eigenvalue weighted by atomic mass is 9.77. The molecule has 1 saturated carbocycles. The minimum absolute atomic E-state index is 0.139. The molecule has 0 heterocycles. The summed E-state index contributed by atoms with van der Waals surface area (Å²) in [5.74, 6) is 1.42. The zero-order valence-corrected chi connectivity index (χ0v) is 18.2. The summed E-state index contributed by atoms with van der Waals surface area (Å²) in [6.07, 6.45) is 16.2. The minimum Gasteiger partial charge on any atom is -0.207 e. The average Bonchev–Trinajstić information content (AvgIpc) is 2.78. The number of halogens is 2. The fourth-order valence-electron chi connectivity index (χ4n) is 5.34. The van der Waals surface area contributed by atoms with E-state index in [2.05, 4.69) is 13.0 Å². The molecule has 1 fully saturated rings. The van der Waals surface area contributed by atoms with Crippen molar-refractivity contribution in [3.8, 4) is 11.1 Å². The molecule has 0 unspecified atom stereocenters. The maximum Gasteiger partial charge on any atom is 0.134 e. The molecule has 2 aliphatic rings. The SMILES string of the molecule is CCCCC1CCC(CCC2=Cc3ccc(-c4ccc(F)cc4)c(F)c3CC2)CC1. The van der Waals surface area contributed by atoms with Crippen molar-refractivity contribution < 1.29 is 8.78 Å². The van der Waals surface area contributed by atoms with Gasteiger partial charge in [0.2, 0.25) is 0 Å². The van der Waals surface area contributed by atoms with Gasteiger partial charge in [-0.15, -0.1) is 0 Å². The Morgan fingerprint density at radius 2 is 1.53 bits per heavy atom. The third kappa shape index (κ3) is 5.02. The highest BCUT2D eigenvalue weighted by Gasteiger charge is 2.22. The molecule has 0 aromatic heterocycles. The molecule has 160 valence electrons. The topological polar surface area (TPSA) is 0 Å². The van der Waals surface area contributed by atoms with E-state index in [1.54, 1.807) is 12.1 Å². The standard InChI is InChI=1S/C28H34F2/c1-2-3-4-20-5-7-21(8-6-20)9-10-22-11-17-27-24(19-22)14-18-26(28(27)30)23-12-15-25(29)16-13-23/h12-16,18-21H,2-11,17H2,1H3. The second-order valence-electron chi connectivity index (χ2n) is 9.37. The first-order valence-corrected chi connectivity index (χ1v) is 11.9. The van der Waals surface area contributed by atoms with Gasteiger partial charge >= 0.3 is 0 Å². The van der Waals surface area contributed by atoms with Crippen molar-refractivity contribution in [2.75, 3.05) is 0 Å². The predicted molar refractivity (Wildman–Crippen MR) is 122 cm³/mol. The van der Waals surface area contributed by atoms with Crippen LogP contribution >= 0.6 is 0 Å². The molecule has 0 atom stereocenters. The van der Waals surface area contributed by atoms with Gasteiger partial charge in [0.15, 0.2) is 0 Å². The zero-order chi connectivity index (χ0) is 20.9. The Hall–Kier alpha value is -1.96. The van der Waals surface area contributed by atoms with Crippen LogP contribution in [0.3, 0.4) is 0 Å². The van der Waals surface area contributed by atoms with E-state index in [0.717, 1.165) is 47.8 Å². The van der Waals surface area contributed by atoms with Crippen molar-refractivity contribution in [3.05, 3.63) is 64.7 Å². The van der Waals surface area contributed by atoms with Gasteiger partial charge in [-0.25, -0.2) is 8.78 Å². The Kier molecular flexibility index (Phi) is 7.02. The largest absolute Gasteiger partial charge is 0.207 e. The molecule has 0 amide bonds. The van der Waals surface area contributed by atoms with Crippen LogP contribution < -0.4 is 0 Å². The van der Waals surface area contributed by atoms with Crippen LogP contribution in [0.4, 0.5) is 8.78 Å². The molecular formula is C28H34F2. The van der Waals surface area contributed by atoms with Gasteiger partial charge < -0.3 is 0 Å². The molecule has 30 heavy (non-hydrogen) atoms. The van der Waals surface area contributed by atoms with Gasteiger partial charge in [-0.05, 0) is 66.3 Å². The van der Waals surface area contributed by atoms with Gasteiger partial charge in [0, 0.05) is 5.56 Å². The van der Waals surface area contributed by atoms with Gasteiger partial charge in [-0.1, -0.05) is 87.8 Å². The van der Waals surface area contributed by atoms with Gasteiger partial charge in [0.05, 0.1) is 0 Å². The molecule has 2 aliphatic carbocycles. The number of hydrogen-bond acceptors (Lipinski definition) is 0. The van der Waals surface area contributed by atoms with Crippen LogP contribution in [0.25, 0.3) is 17.2 Å². The monoisotopic (exact) mass is 408 g/mol. The second kappa shape index (κ2) is 9.90. The Morgan fingerprint density at radius 1 is 0.833 bits per heavy atom. The Morgan fingerprint density at radius 3 is 2.23 bits per heavy atom. The van der Waals surface area contributed by atoms with E-state index in [-0.39, 0.29) is 11.6 Å². The Labute approximate surface area is 180 Å². The number of hydrogen-bond donors (Lipinski definition) is 0. The smallest absolute Gasteiger partial charge is 0.134 e. The van der Waals surface area contributed by atoms with E-state index in [4.69, 9.17) is 0 Å². The molecule has 4 rings (SSSR count). The molecule has 2 heteroatoms. The van der Waals surface area contributed by atoms with Crippen LogP contribution in [0.2, 0.25) is 0 Å². The zero-order valence-electron chi connectivity index (χ0n) is 18.2. The first-order chi connectivity index (χ1) is 14.6. The summed E-state index contributed by atoms with van der Waals surface area (Å²) in [4.78, 5) is 0. The second-order valence-corrected chi connectivity index (χ2v) is 9.37. The van der Waals surface area contributed by atoms with Crippen molar-refractivity contribution in [1.82, 2.24) is 0 Å². The highest BCUT2D eigenvalue weighted by molar-refractivity contribution is 5.70. The Bertz CT molecular complexity index is 870. The lowest BCUT2D eigenvalue weighted by molar-refractivity contribution is 0.249. The van der Waals surface area contributed by atoms with Gasteiger partial charge in [-0.2, -0.15) is 0 Å². The maximum atomic E-state index is 15.1. The van der Waals surface area contributed by atoms with Crippen molar-refractivity contribution in [2.45, 2.75) is 77.6 Å². The van der Waals surface area contributed by atoms with Gasteiger partial charge in [0.25, 0.3) is 0 Å². The van der Waals surface area contributed by atoms with Crippen molar-refractivity contribution in [2.24, 2.45) is 11.8 Å². The summed E-state index contributed by atoms with van der Waals surface area (Å²) in [7, 11) is 0. The van der Waals surface area contributed by atoms with Crippen LogP contribution in [0.1, 0.15) is 82.3 Å². The third-order valence-electron chi connectivity index (χ3n) is 7.30. The van der Waals surface area contributed by atoms with Crippen LogP contribution in [0.5, 0.6) is 0 Å². The summed E-state index contributed by atoms with van der Waals surface area (Å²) in [5, 5.41) is 0. The van der Waals surface area contributed by atoms with Gasteiger partial charge in [-0.3, -0.25) is 0 Å². The fourth-order valence-corrected chi connectivity index (χ4v) is 5.34. The molecule has 0 bridgehead atoms. The molecule has 0 saturated heterocycles. The van der Waals surface area contributed by atoms with Gasteiger partial charge in [0.1, 0.15) is 11.6 Å². The summed E-state index contributed by atoms with van der Waals surface area (Å²) >= 11 is 0. The number of fused-ring (bicyclic) bond motifs is 1. The molecule has 0 radical (unpaired) electrons. The summed E-state index contributed by atoms with van der Waals surface area (Å²) in [6, 6.07) is 9.98. The first kappa shape index (κ1) is 21.3. The van der Waals surface area contributed by atoms with Crippen LogP contribution in [0, 0.1) is 23.5 Å². The first-order valence-electron chi connectivity index (χ1n) is 11.9. The normalized spacial score (nSPS) is 21.2. The summed E-state index contributed by atoms with van der Waals surface area (Å²) in [5.41, 5.74) is 4.64. The predicted octanol–water partition coefficient (Wildman–Crippen LogP) is 8.74. The molecule has 2 aromatic rings. The fraction of sp³-hybridized carbons (Fsp3) is 0.500. The number of allylic oxidation sites excluding steroid dienone is 1. The number of benzene rings is 2. The molecule has 0 nitrogen and oxygen atoms in total. The van der Waals surface area contributed by atoms with E-state index in [0.29, 0.717) is 5.56 Å². The number of unbranched alkanes of at least 4 members (excludes halogenated alkanes) is 1. The molecule has 0 spiro atoms. The number of rotatable bonds is 7. The molecule has 0 aliphatic heterocycles. The highest BCUT2D eigenvalue weighted by atomic mass is 19.1. The quantitative estimate of drug-likeness (QED) is 0.429. The van der Waals surface area contributed by atoms with Crippen LogP contribution in [0.15, 0.2) is 42.0 Å². The summed E-state index contributed by atoms with van der Waals surface area (Å²) in [6.45, 7) is 2.29. The van der Waals surface area contributed by atoms with E-state index < -0.39 is 0 Å². The van der Waals surface area contributed by atoms with E-state index >= 15 is 4.39 Å². The van der Waals surface area contributed by atoms with E-state index in [1.807, 2.05) is 12.1 Å². The molecular weight excluding hydrogens is 374 g/mol. The van der Waals surface area contributed by atoms with Crippen molar-refractivity contribution in [3.63, 3.8) is 0 Å². The Balaban J connectivity index is 1.37. The van der Waals surface area contributed by atoms with Crippen molar-refractivity contribution >= 4 is 6.08 Å². The highest BCUT2D eigenvalue weighted by Crippen LogP contribution is 2.37. The van der Waals surface area contributed by atoms with Crippen LogP contribution in [-0.4, -0.2) is 0 Å². The van der Waals surface area contributed by atoms with Crippen LogP contribution in [-0.2, 0) is 6.42 Å². The van der Waals surface area contributed by atoms with Crippen molar-refractivity contribution in [1.29, 1.82) is 0 Å². The lowest BCUT2D eigenvalue weighted by Crippen LogP contribution is -2.15. The third-order valence-corrected chi connectivity index (χ3v) is 7.30.